The lowest BCUT2D eigenvalue weighted by atomic mass is 9.85. The van der Waals surface area contributed by atoms with Crippen molar-refractivity contribution in [3.63, 3.8) is 0 Å². The highest BCUT2D eigenvalue weighted by Gasteiger charge is 2.61. The van der Waals surface area contributed by atoms with Crippen molar-refractivity contribution < 1.29 is 48.4 Å². The van der Waals surface area contributed by atoms with E-state index in [2.05, 4.69) is 22.5 Å². The first-order valence-corrected chi connectivity index (χ1v) is 20.5. The summed E-state index contributed by atoms with van der Waals surface area (Å²) in [5, 5.41) is 31.2. The largest absolute Gasteiger partial charge is 0.488 e. The van der Waals surface area contributed by atoms with E-state index in [0.29, 0.717) is 45.0 Å². The molecule has 8 atom stereocenters. The van der Waals surface area contributed by atoms with Crippen LogP contribution in [-0.4, -0.2) is 104 Å². The van der Waals surface area contributed by atoms with E-state index in [1.165, 1.54) is 22.3 Å². The topological polar surface area (TPSA) is 219 Å². The quantitative estimate of drug-likeness (QED) is 0.127. The molecule has 310 valence electrons. The van der Waals surface area contributed by atoms with Crippen molar-refractivity contribution >= 4 is 57.2 Å². The van der Waals surface area contributed by atoms with Gasteiger partial charge in [0.15, 0.2) is 11.7 Å². The number of rotatable bonds is 15. The summed E-state index contributed by atoms with van der Waals surface area (Å²) in [5.74, 6) is -2.24. The number of hydrogen-bond donors (Lipinski definition) is 5. The molecule has 3 aliphatic carbocycles. The number of carboxylic acid groups (broad SMARTS) is 2. The number of ether oxygens (including phenoxy) is 3. The predicted octanol–water partition coefficient (Wildman–Crippen LogP) is 5.08. The summed E-state index contributed by atoms with van der Waals surface area (Å²) >= 11 is 1.40. The van der Waals surface area contributed by atoms with Gasteiger partial charge in [0.25, 0.3) is 0 Å². The Morgan fingerprint density at radius 2 is 1.78 bits per heavy atom. The third-order valence-corrected chi connectivity index (χ3v) is 12.1. The lowest BCUT2D eigenvalue weighted by Crippen LogP contribution is -2.59. The molecule has 3 heterocycles. The third kappa shape index (κ3) is 8.68. The molecule has 58 heavy (non-hydrogen) atoms. The molecule has 5 N–H and O–H groups in total. The van der Waals surface area contributed by atoms with Crippen molar-refractivity contribution in [2.75, 3.05) is 18.5 Å². The van der Waals surface area contributed by atoms with Gasteiger partial charge < -0.3 is 45.3 Å². The number of fused-ring (bicyclic) bond motifs is 2. The van der Waals surface area contributed by atoms with Crippen LogP contribution < -0.4 is 25.4 Å². The van der Waals surface area contributed by atoms with Crippen molar-refractivity contribution in [2.45, 2.75) is 103 Å². The number of carbonyl (C=O) groups excluding carboxylic acids is 3. The summed E-state index contributed by atoms with van der Waals surface area (Å²) < 4.78 is 17.9. The number of anilines is 1. The Bertz CT molecular complexity index is 2120. The van der Waals surface area contributed by atoms with Gasteiger partial charge in [-0.3, -0.25) is 9.59 Å². The molecule has 3 aromatic rings. The van der Waals surface area contributed by atoms with E-state index >= 15 is 0 Å². The second kappa shape index (κ2) is 15.7. The molecule has 1 aliphatic heterocycles. The first-order valence-electron chi connectivity index (χ1n) is 19.6. The highest BCUT2D eigenvalue weighted by Crippen LogP contribution is 2.52. The summed E-state index contributed by atoms with van der Waals surface area (Å²) in [6, 6.07) is 4.48. The molecule has 4 fully saturated rings. The van der Waals surface area contributed by atoms with Crippen molar-refractivity contribution in [3.05, 3.63) is 42.3 Å². The molecule has 1 saturated heterocycles. The minimum atomic E-state index is -1.55. The van der Waals surface area contributed by atoms with Crippen LogP contribution in [0.1, 0.15) is 66.7 Å². The number of amides is 3. The van der Waals surface area contributed by atoms with E-state index in [1.807, 2.05) is 19.2 Å². The van der Waals surface area contributed by atoms with Crippen LogP contribution in [0.5, 0.6) is 11.5 Å². The summed E-state index contributed by atoms with van der Waals surface area (Å²) in [6.45, 7) is 12.5. The van der Waals surface area contributed by atoms with Gasteiger partial charge in [-0.2, -0.15) is 0 Å². The summed E-state index contributed by atoms with van der Waals surface area (Å²) in [4.78, 5) is 76.6. The van der Waals surface area contributed by atoms with Crippen LogP contribution in [0.4, 0.5) is 9.93 Å². The molecule has 16 nitrogen and oxygen atoms in total. The summed E-state index contributed by atoms with van der Waals surface area (Å²) in [5.41, 5.74) is -0.932. The average molecular weight is 819 g/mol. The SMILES string of the molecule is C=CC1C[C@]1(NC(=O)[C@@H]1C[C@@H](Oc2cc(-c3csc(NC(C)C)n3)nc3cc(OCC(=O)O)ccc23)CN1C(=O)[C@@H](NC(=O)O[C@@H]1C[C@@H]2C[C@@H]2C1)C(C)(C)C)C(=O)O. The maximum absolute atomic E-state index is 14.7. The van der Waals surface area contributed by atoms with E-state index in [9.17, 15) is 34.2 Å². The van der Waals surface area contributed by atoms with E-state index in [4.69, 9.17) is 24.2 Å². The number of aliphatic carboxylic acids is 2. The summed E-state index contributed by atoms with van der Waals surface area (Å²) in [7, 11) is 0. The fraction of sp³-hybridized carbons (Fsp3) is 0.537. The Hall–Kier alpha value is -5.45. The minimum absolute atomic E-state index is 0.00367. The van der Waals surface area contributed by atoms with Crippen LogP contribution in [0, 0.1) is 23.2 Å². The van der Waals surface area contributed by atoms with Gasteiger partial charge in [-0.15, -0.1) is 17.9 Å². The number of aromatic nitrogens is 2. The number of pyridine rings is 1. The zero-order valence-electron chi connectivity index (χ0n) is 33.2. The lowest BCUT2D eigenvalue weighted by Gasteiger charge is -2.35. The van der Waals surface area contributed by atoms with Crippen LogP contribution in [0.2, 0.25) is 0 Å². The smallest absolute Gasteiger partial charge is 0.408 e. The zero-order chi connectivity index (χ0) is 41.7. The normalized spacial score (nSPS) is 26.3. The Balaban J connectivity index is 1.19. The first-order chi connectivity index (χ1) is 27.4. The Morgan fingerprint density at radius 1 is 1.03 bits per heavy atom. The van der Waals surface area contributed by atoms with E-state index in [-0.39, 0.29) is 37.3 Å². The Labute approximate surface area is 339 Å². The van der Waals surface area contributed by atoms with Gasteiger partial charge in [-0.25, -0.2) is 24.4 Å². The van der Waals surface area contributed by atoms with Gasteiger partial charge in [0.2, 0.25) is 11.8 Å². The molecule has 3 saturated carbocycles. The molecule has 2 aromatic heterocycles. The second-order valence-corrected chi connectivity index (χ2v) is 18.1. The maximum atomic E-state index is 14.7. The molecular weight excluding hydrogens is 769 g/mol. The van der Waals surface area contributed by atoms with Crippen LogP contribution in [-0.2, 0) is 23.9 Å². The molecule has 0 spiro atoms. The molecule has 1 aromatic carbocycles. The van der Waals surface area contributed by atoms with E-state index < -0.39 is 71.5 Å². The molecule has 3 amide bonds. The number of thiazole rings is 1. The standard InChI is InChI=1S/C41H50N6O10S/c1-7-23-16-41(23,37(52)53)46-35(50)31-14-26(17-47(31)36(51)34(40(4,5)6)45-39(54)57-25-11-21-10-22(21)12-25)56-32-15-29(30-19-58-38(44-30)42-20(2)3)43-28-13-24(8-9-27(28)32)55-18-33(48)49/h7-9,13,15,19-23,25-26,31,34H,1,10-12,14,16-18H2,2-6H3,(H,42,44)(H,45,54)(H,46,50)(H,48,49)(H,52,53)/t21-,22+,23?,25+,26-,31+,34-,41-/m1/s1. The number of likely N-dealkylation sites (tertiary alicyclic amines) is 1. The fourth-order valence-electron chi connectivity index (χ4n) is 8.09. The number of hydrogen-bond acceptors (Lipinski definition) is 12. The number of carboxylic acids is 2. The predicted molar refractivity (Wildman–Crippen MR) is 214 cm³/mol. The van der Waals surface area contributed by atoms with Gasteiger partial charge in [-0.1, -0.05) is 26.8 Å². The number of benzene rings is 1. The fourth-order valence-corrected chi connectivity index (χ4v) is 8.94. The third-order valence-electron chi connectivity index (χ3n) is 11.3. The van der Waals surface area contributed by atoms with Gasteiger partial charge in [0, 0.05) is 41.3 Å². The average Bonchev–Trinajstić information content (AvgIpc) is 3.82. The zero-order valence-corrected chi connectivity index (χ0v) is 34.0. The molecule has 1 unspecified atom stereocenters. The monoisotopic (exact) mass is 818 g/mol. The molecule has 17 heteroatoms. The van der Waals surface area contributed by atoms with Crippen LogP contribution in [0.15, 0.2) is 42.3 Å². The molecule has 0 bridgehead atoms. The summed E-state index contributed by atoms with van der Waals surface area (Å²) in [6.07, 6.45) is 2.71. The van der Waals surface area contributed by atoms with Gasteiger partial charge in [-0.05, 0) is 68.9 Å². The van der Waals surface area contributed by atoms with Crippen LogP contribution >= 0.6 is 11.3 Å². The van der Waals surface area contributed by atoms with Crippen LogP contribution in [0.3, 0.4) is 0 Å². The molecule has 4 aliphatic rings. The van der Waals surface area contributed by atoms with Crippen molar-refractivity contribution in [3.8, 4) is 22.9 Å². The second-order valence-electron chi connectivity index (χ2n) is 17.2. The highest BCUT2D eigenvalue weighted by molar-refractivity contribution is 7.14. The highest BCUT2D eigenvalue weighted by atomic mass is 32.1. The van der Waals surface area contributed by atoms with Gasteiger partial charge in [0.05, 0.1) is 17.8 Å². The maximum Gasteiger partial charge on any atom is 0.408 e. The molecular formula is C41H50N6O10S. The Morgan fingerprint density at radius 3 is 2.41 bits per heavy atom. The lowest BCUT2D eigenvalue weighted by molar-refractivity contribution is -0.146. The number of nitrogens with one attached hydrogen (secondary N) is 3. The van der Waals surface area contributed by atoms with Gasteiger partial charge >= 0.3 is 18.0 Å². The number of alkyl carbamates (subject to hydrolysis) is 1. The molecule has 7 rings (SSSR count). The first kappa shape index (κ1) is 40.7. The molecule has 0 radical (unpaired) electrons. The minimum Gasteiger partial charge on any atom is -0.488 e. The van der Waals surface area contributed by atoms with Gasteiger partial charge in [0.1, 0.15) is 47.0 Å². The van der Waals surface area contributed by atoms with Crippen molar-refractivity contribution in [1.82, 2.24) is 25.5 Å². The van der Waals surface area contributed by atoms with E-state index in [0.717, 1.165) is 19.3 Å². The number of nitrogens with zero attached hydrogens (tertiary/aromatic N) is 3. The van der Waals surface area contributed by atoms with Crippen molar-refractivity contribution in [2.24, 2.45) is 23.2 Å². The Kier molecular flexibility index (Phi) is 11.0. The number of carbonyl (C=O) groups is 5. The van der Waals surface area contributed by atoms with Crippen molar-refractivity contribution in [1.29, 1.82) is 0 Å². The van der Waals surface area contributed by atoms with Crippen LogP contribution in [0.25, 0.3) is 22.3 Å². The van der Waals surface area contributed by atoms with E-state index in [1.54, 1.807) is 45.0 Å².